The minimum atomic E-state index is -0.147. The number of aromatic nitrogens is 1. The zero-order chi connectivity index (χ0) is 25.2. The van der Waals surface area contributed by atoms with Crippen LogP contribution >= 0.6 is 0 Å². The highest BCUT2D eigenvalue weighted by molar-refractivity contribution is 5.94. The zero-order valence-corrected chi connectivity index (χ0v) is 21.6. The number of benzene rings is 1. The Morgan fingerprint density at radius 2 is 1.80 bits per heavy atom. The Balaban J connectivity index is 1.26. The van der Waals surface area contributed by atoms with E-state index in [0.29, 0.717) is 36.6 Å². The van der Waals surface area contributed by atoms with Gasteiger partial charge in [0, 0.05) is 45.4 Å². The molecule has 2 aliphatic rings. The molecule has 0 radical (unpaired) electrons. The number of amides is 2. The Bertz CT molecular complexity index is 1030. The van der Waals surface area contributed by atoms with Gasteiger partial charge in [0.25, 0.3) is 11.8 Å². The van der Waals surface area contributed by atoms with E-state index in [2.05, 4.69) is 55.0 Å². The number of piperidine rings is 1. The molecule has 188 valence electrons. The maximum absolute atomic E-state index is 12.9. The third kappa shape index (κ3) is 5.67. The topological polar surface area (TPSA) is 74.8 Å². The molecule has 1 aliphatic heterocycles. The Morgan fingerprint density at radius 1 is 1.11 bits per heavy atom. The van der Waals surface area contributed by atoms with Crippen molar-refractivity contribution in [1.82, 2.24) is 15.2 Å². The van der Waals surface area contributed by atoms with Crippen LogP contribution in [-0.4, -0.2) is 68.1 Å². The van der Waals surface area contributed by atoms with Gasteiger partial charge in [0.2, 0.25) is 0 Å². The Labute approximate surface area is 208 Å². The number of methoxy groups -OCH3 is 1. The van der Waals surface area contributed by atoms with Crippen LogP contribution < -0.4 is 10.2 Å². The molecule has 2 unspecified atom stereocenters. The largest absolute Gasteiger partial charge is 0.383 e. The van der Waals surface area contributed by atoms with Crippen LogP contribution in [0.5, 0.6) is 0 Å². The summed E-state index contributed by atoms with van der Waals surface area (Å²) in [5, 5.41) is 3.06. The van der Waals surface area contributed by atoms with Gasteiger partial charge in [-0.25, -0.2) is 4.98 Å². The second-order valence-corrected chi connectivity index (χ2v) is 10.7. The number of carbonyl (C=O) groups excluding carboxylic acids is 2. The van der Waals surface area contributed by atoms with Gasteiger partial charge < -0.3 is 19.9 Å². The van der Waals surface area contributed by atoms with Crippen molar-refractivity contribution < 1.29 is 14.3 Å². The summed E-state index contributed by atoms with van der Waals surface area (Å²) in [5.74, 6) is 2.12. The number of nitrogens with zero attached hydrogens (tertiary/aromatic N) is 3. The summed E-state index contributed by atoms with van der Waals surface area (Å²) in [7, 11) is 1.68. The second-order valence-electron chi connectivity index (χ2n) is 10.7. The first-order valence-corrected chi connectivity index (χ1v) is 12.6. The van der Waals surface area contributed by atoms with Gasteiger partial charge >= 0.3 is 0 Å². The van der Waals surface area contributed by atoms with Gasteiger partial charge in [-0.1, -0.05) is 39.0 Å². The van der Waals surface area contributed by atoms with Crippen molar-refractivity contribution in [2.75, 3.05) is 51.3 Å². The molecule has 2 heterocycles. The lowest BCUT2D eigenvalue weighted by Gasteiger charge is -2.22. The molecule has 2 aromatic rings. The SMILES string of the molecule is CCN(CCOC)c1cccc(C(=O)NCC2C3CN(C(=O)c4ccc(C(C)(C)C)cc4)CC23)n1. The van der Waals surface area contributed by atoms with Crippen LogP contribution in [0.25, 0.3) is 0 Å². The van der Waals surface area contributed by atoms with E-state index in [0.717, 1.165) is 37.6 Å². The van der Waals surface area contributed by atoms with Crippen LogP contribution in [0.1, 0.15) is 54.1 Å². The molecular weight excluding hydrogens is 440 g/mol. The lowest BCUT2D eigenvalue weighted by molar-refractivity contribution is 0.0764. The number of pyridine rings is 1. The predicted octanol–water partition coefficient (Wildman–Crippen LogP) is 3.60. The Morgan fingerprint density at radius 3 is 2.40 bits per heavy atom. The molecule has 7 heteroatoms. The fourth-order valence-corrected chi connectivity index (χ4v) is 5.08. The molecule has 1 saturated heterocycles. The molecule has 2 fully saturated rings. The highest BCUT2D eigenvalue weighted by Gasteiger charge is 2.56. The number of likely N-dealkylation sites (tertiary alicyclic amines) is 1. The van der Waals surface area contributed by atoms with E-state index in [-0.39, 0.29) is 17.2 Å². The quantitative estimate of drug-likeness (QED) is 0.596. The second kappa shape index (κ2) is 10.4. The average Bonchev–Trinajstić information content (AvgIpc) is 3.30. The minimum absolute atomic E-state index is 0.0741. The van der Waals surface area contributed by atoms with Crippen molar-refractivity contribution in [3.05, 3.63) is 59.3 Å². The molecule has 1 N–H and O–H groups in total. The molecule has 4 rings (SSSR count). The predicted molar refractivity (Wildman–Crippen MR) is 138 cm³/mol. The number of fused-ring (bicyclic) bond motifs is 1. The molecule has 1 aromatic heterocycles. The van der Waals surface area contributed by atoms with Gasteiger partial charge in [-0.2, -0.15) is 0 Å². The van der Waals surface area contributed by atoms with E-state index in [1.807, 2.05) is 29.2 Å². The van der Waals surface area contributed by atoms with Crippen LogP contribution in [0.15, 0.2) is 42.5 Å². The third-order valence-electron chi connectivity index (χ3n) is 7.39. The molecular formula is C28H38N4O3. The fraction of sp³-hybridized carbons (Fsp3) is 0.536. The summed E-state index contributed by atoms with van der Waals surface area (Å²) < 4.78 is 5.17. The molecule has 2 atom stereocenters. The molecule has 1 aliphatic carbocycles. The summed E-state index contributed by atoms with van der Waals surface area (Å²) in [6.45, 7) is 12.9. The number of carbonyl (C=O) groups is 2. The zero-order valence-electron chi connectivity index (χ0n) is 21.6. The first-order chi connectivity index (χ1) is 16.7. The van der Waals surface area contributed by atoms with Gasteiger partial charge in [-0.05, 0) is 59.9 Å². The van der Waals surface area contributed by atoms with Gasteiger partial charge in [0.05, 0.1) is 6.61 Å². The minimum Gasteiger partial charge on any atom is -0.383 e. The van der Waals surface area contributed by atoms with Gasteiger partial charge in [-0.3, -0.25) is 9.59 Å². The van der Waals surface area contributed by atoms with E-state index >= 15 is 0 Å². The summed E-state index contributed by atoms with van der Waals surface area (Å²) in [5.41, 5.74) is 2.48. The number of rotatable bonds is 9. The van der Waals surface area contributed by atoms with Crippen molar-refractivity contribution in [3.63, 3.8) is 0 Å². The molecule has 1 saturated carbocycles. The number of anilines is 1. The summed E-state index contributed by atoms with van der Waals surface area (Å²) in [6, 6.07) is 13.5. The lowest BCUT2D eigenvalue weighted by Crippen LogP contribution is -2.34. The van der Waals surface area contributed by atoms with Crippen molar-refractivity contribution in [3.8, 4) is 0 Å². The van der Waals surface area contributed by atoms with Crippen molar-refractivity contribution in [2.45, 2.75) is 33.1 Å². The number of hydrogen-bond donors (Lipinski definition) is 1. The van der Waals surface area contributed by atoms with Crippen LogP contribution in [-0.2, 0) is 10.2 Å². The highest BCUT2D eigenvalue weighted by atomic mass is 16.5. The monoisotopic (exact) mass is 478 g/mol. The van der Waals surface area contributed by atoms with E-state index < -0.39 is 0 Å². The normalized spacial score (nSPS) is 20.9. The average molecular weight is 479 g/mol. The number of nitrogens with one attached hydrogen (secondary N) is 1. The molecule has 1 aromatic carbocycles. The van der Waals surface area contributed by atoms with Crippen LogP contribution in [0.4, 0.5) is 5.82 Å². The molecule has 0 bridgehead atoms. The van der Waals surface area contributed by atoms with Crippen molar-refractivity contribution >= 4 is 17.6 Å². The number of hydrogen-bond acceptors (Lipinski definition) is 5. The van der Waals surface area contributed by atoms with Gasteiger partial charge in [0.15, 0.2) is 0 Å². The van der Waals surface area contributed by atoms with Crippen molar-refractivity contribution in [1.29, 1.82) is 0 Å². The molecule has 7 nitrogen and oxygen atoms in total. The molecule has 2 amide bonds. The molecule has 0 spiro atoms. The number of ether oxygens (including phenoxy) is 1. The lowest BCUT2D eigenvalue weighted by atomic mass is 9.86. The van der Waals surface area contributed by atoms with Crippen LogP contribution in [0.2, 0.25) is 0 Å². The van der Waals surface area contributed by atoms with E-state index in [4.69, 9.17) is 4.74 Å². The molecule has 35 heavy (non-hydrogen) atoms. The van der Waals surface area contributed by atoms with Crippen molar-refractivity contribution in [2.24, 2.45) is 17.8 Å². The standard InChI is InChI=1S/C28H38N4O3/c1-6-31(14-15-35-5)25-9-7-8-24(30-25)26(33)29-16-21-22-17-32(18-23(21)22)27(34)19-10-12-20(13-11-19)28(2,3)4/h7-13,21-23H,6,14-18H2,1-5H3,(H,29,33). The fourth-order valence-electron chi connectivity index (χ4n) is 5.08. The third-order valence-corrected chi connectivity index (χ3v) is 7.39. The Kier molecular flexibility index (Phi) is 7.45. The Hall–Kier alpha value is -2.93. The van der Waals surface area contributed by atoms with Crippen LogP contribution in [0.3, 0.4) is 0 Å². The van der Waals surface area contributed by atoms with Crippen LogP contribution in [0, 0.1) is 17.8 Å². The first-order valence-electron chi connectivity index (χ1n) is 12.6. The summed E-state index contributed by atoms with van der Waals surface area (Å²) >= 11 is 0. The van der Waals surface area contributed by atoms with Gasteiger partial charge in [-0.15, -0.1) is 0 Å². The van der Waals surface area contributed by atoms with E-state index in [1.165, 1.54) is 5.56 Å². The summed E-state index contributed by atoms with van der Waals surface area (Å²) in [6.07, 6.45) is 0. The van der Waals surface area contributed by atoms with Gasteiger partial charge in [0.1, 0.15) is 11.5 Å². The van der Waals surface area contributed by atoms with E-state index in [9.17, 15) is 9.59 Å². The maximum Gasteiger partial charge on any atom is 0.269 e. The number of likely N-dealkylation sites (N-methyl/N-ethyl adjacent to an activating group) is 1. The van der Waals surface area contributed by atoms with E-state index in [1.54, 1.807) is 13.2 Å². The smallest absolute Gasteiger partial charge is 0.269 e. The maximum atomic E-state index is 12.9. The first kappa shape index (κ1) is 25.2. The highest BCUT2D eigenvalue weighted by Crippen LogP contribution is 2.51. The summed E-state index contributed by atoms with van der Waals surface area (Å²) in [4.78, 5) is 34.3.